The molecule has 1 atom stereocenters. The maximum absolute atomic E-state index is 15.2. The van der Waals surface area contributed by atoms with Crippen LogP contribution in [0.5, 0.6) is 5.75 Å². The summed E-state index contributed by atoms with van der Waals surface area (Å²) in [5.74, 6) is 0.767. The van der Waals surface area contributed by atoms with Gasteiger partial charge in [0.2, 0.25) is 0 Å². The van der Waals surface area contributed by atoms with Gasteiger partial charge < -0.3 is 14.2 Å². The van der Waals surface area contributed by atoms with Gasteiger partial charge in [-0.2, -0.15) is 0 Å². The Morgan fingerprint density at radius 3 is 2.17 bits per heavy atom. The summed E-state index contributed by atoms with van der Waals surface area (Å²) in [6, 6.07) is 20.0. The summed E-state index contributed by atoms with van der Waals surface area (Å²) in [4.78, 5) is 1.92. The van der Waals surface area contributed by atoms with Gasteiger partial charge in [0.25, 0.3) is 0 Å². The first-order valence-corrected chi connectivity index (χ1v) is 10.9. The summed E-state index contributed by atoms with van der Waals surface area (Å²) in [6.45, 7) is 0.582. The molecule has 0 aliphatic rings. The van der Waals surface area contributed by atoms with Gasteiger partial charge in [0.15, 0.2) is 0 Å². The quantitative estimate of drug-likeness (QED) is 0.278. The van der Waals surface area contributed by atoms with Crippen molar-refractivity contribution in [2.75, 3.05) is 25.6 Å². The Morgan fingerprint density at radius 2 is 1.59 bits per heavy atom. The molecule has 0 saturated heterocycles. The lowest BCUT2D eigenvalue weighted by atomic mass is 10.2. The lowest BCUT2D eigenvalue weighted by molar-refractivity contribution is 0.306. The van der Waals surface area contributed by atoms with Gasteiger partial charge >= 0.3 is 0 Å². The molecule has 0 bridgehead atoms. The van der Waals surface area contributed by atoms with Crippen LogP contribution in [0, 0.1) is 0 Å². The minimum Gasteiger partial charge on any atom is -0.497 e. The number of anilines is 1. The smallest absolute Gasteiger partial charge is 0.135 e. The highest BCUT2D eigenvalue weighted by atomic mass is 79.9. The Kier molecular flexibility index (Phi) is 5.83. The van der Waals surface area contributed by atoms with Crippen molar-refractivity contribution in [3.63, 3.8) is 0 Å². The number of nitrogens with zero attached hydrogens (tertiary/aromatic N) is 2. The number of aromatic nitrogens is 1. The third-order valence-corrected chi connectivity index (χ3v) is 6.12. The van der Waals surface area contributed by atoms with Crippen molar-refractivity contribution in [2.24, 2.45) is 0 Å². The molecule has 0 amide bonds. The lowest BCUT2D eigenvalue weighted by Gasteiger charge is -2.23. The second kappa shape index (κ2) is 8.36. The molecule has 6 heteroatoms. The molecule has 4 aromatic rings. The van der Waals surface area contributed by atoms with Gasteiger partial charge in [-0.25, -0.2) is 4.39 Å². The number of methoxy groups -OCH3 is 1. The summed E-state index contributed by atoms with van der Waals surface area (Å²) < 4.78 is 24.6. The van der Waals surface area contributed by atoms with Crippen LogP contribution in [0.1, 0.15) is 0 Å². The van der Waals surface area contributed by atoms with Gasteiger partial charge in [-0.05, 0) is 48.5 Å². The van der Waals surface area contributed by atoms with Crippen molar-refractivity contribution < 1.29 is 9.13 Å². The summed E-state index contributed by atoms with van der Waals surface area (Å²) in [5, 5.41) is 2.23. The molecular formula is C23H21Br2FN2O. The van der Waals surface area contributed by atoms with Gasteiger partial charge in [0.05, 0.1) is 20.2 Å². The van der Waals surface area contributed by atoms with E-state index in [1.165, 1.54) is 0 Å². The molecule has 0 radical (unpaired) electrons. The summed E-state index contributed by atoms with van der Waals surface area (Å²) >= 11 is 7.11. The topological polar surface area (TPSA) is 17.4 Å². The van der Waals surface area contributed by atoms with Gasteiger partial charge in [0.1, 0.15) is 11.9 Å². The number of halogens is 3. The predicted molar refractivity (Wildman–Crippen MR) is 126 cm³/mol. The summed E-state index contributed by atoms with van der Waals surface area (Å²) in [6.07, 6.45) is -1.03. The average molecular weight is 520 g/mol. The van der Waals surface area contributed by atoms with Crippen molar-refractivity contribution in [3.8, 4) is 5.75 Å². The molecule has 3 nitrogen and oxygen atoms in total. The Bertz CT molecular complexity index is 1120. The van der Waals surface area contributed by atoms with E-state index in [1.807, 2.05) is 60.5 Å². The van der Waals surface area contributed by atoms with Crippen LogP contribution in [0.2, 0.25) is 0 Å². The molecule has 0 aliphatic heterocycles. The number of rotatable bonds is 6. The van der Waals surface area contributed by atoms with E-state index in [0.717, 1.165) is 42.2 Å². The highest BCUT2D eigenvalue weighted by Crippen LogP contribution is 2.33. The Morgan fingerprint density at radius 1 is 0.966 bits per heavy atom. The first kappa shape index (κ1) is 20.2. The Hall–Kier alpha value is -2.05. The number of fused-ring (bicyclic) bond motifs is 3. The summed E-state index contributed by atoms with van der Waals surface area (Å²) in [7, 11) is 3.54. The van der Waals surface area contributed by atoms with Crippen molar-refractivity contribution >= 4 is 59.4 Å². The molecule has 0 saturated carbocycles. The lowest BCUT2D eigenvalue weighted by Crippen LogP contribution is -2.29. The molecule has 4 rings (SSSR count). The van der Waals surface area contributed by atoms with Gasteiger partial charge in [-0.3, -0.25) is 0 Å². The van der Waals surface area contributed by atoms with Crippen LogP contribution in [0.4, 0.5) is 10.1 Å². The van der Waals surface area contributed by atoms with E-state index in [0.29, 0.717) is 6.54 Å². The number of hydrogen-bond acceptors (Lipinski definition) is 2. The van der Waals surface area contributed by atoms with Crippen molar-refractivity contribution in [3.05, 3.63) is 69.6 Å². The van der Waals surface area contributed by atoms with E-state index < -0.39 is 6.17 Å². The molecule has 0 N–H and O–H groups in total. The molecule has 1 unspecified atom stereocenters. The Balaban J connectivity index is 1.64. The van der Waals surface area contributed by atoms with E-state index in [-0.39, 0.29) is 6.54 Å². The number of alkyl halides is 1. The third kappa shape index (κ3) is 4.14. The van der Waals surface area contributed by atoms with E-state index in [9.17, 15) is 0 Å². The van der Waals surface area contributed by atoms with Gasteiger partial charge in [-0.15, -0.1) is 0 Å². The fraction of sp³-hybridized carbons (Fsp3) is 0.217. The largest absolute Gasteiger partial charge is 0.497 e. The fourth-order valence-electron chi connectivity index (χ4n) is 3.75. The number of ether oxygens (including phenoxy) is 1. The van der Waals surface area contributed by atoms with Crippen molar-refractivity contribution in [1.29, 1.82) is 0 Å². The minimum atomic E-state index is -1.03. The van der Waals surface area contributed by atoms with Crippen molar-refractivity contribution in [1.82, 2.24) is 4.57 Å². The highest BCUT2D eigenvalue weighted by molar-refractivity contribution is 9.10. The van der Waals surface area contributed by atoms with Crippen LogP contribution in [0.25, 0.3) is 21.8 Å². The van der Waals surface area contributed by atoms with E-state index in [1.54, 1.807) is 7.11 Å². The second-order valence-corrected chi connectivity index (χ2v) is 8.94. The standard InChI is InChI=1S/C23H21Br2FN2O/c1-27(18-4-3-5-19(12-18)29-2)13-17(26)14-28-22-8-6-15(24)10-20(22)21-11-16(25)7-9-23(21)28/h3-12,17H,13-14H2,1-2H3. The molecular weight excluding hydrogens is 499 g/mol. The number of hydrogen-bond donors (Lipinski definition) is 0. The summed E-state index contributed by atoms with van der Waals surface area (Å²) in [5.41, 5.74) is 3.00. The van der Waals surface area contributed by atoms with E-state index in [4.69, 9.17) is 4.74 Å². The molecule has 0 fully saturated rings. The van der Waals surface area contributed by atoms with Crippen LogP contribution < -0.4 is 9.64 Å². The van der Waals surface area contributed by atoms with Crippen LogP contribution in [-0.4, -0.2) is 31.4 Å². The van der Waals surface area contributed by atoms with Crippen LogP contribution in [0.15, 0.2) is 69.6 Å². The molecule has 150 valence electrons. The van der Waals surface area contributed by atoms with Gasteiger partial charge in [-0.1, -0.05) is 37.9 Å². The normalized spacial score (nSPS) is 12.4. The van der Waals surface area contributed by atoms with E-state index >= 15 is 4.39 Å². The fourth-order valence-corrected chi connectivity index (χ4v) is 4.47. The third-order valence-electron chi connectivity index (χ3n) is 5.14. The van der Waals surface area contributed by atoms with Crippen LogP contribution in [-0.2, 0) is 6.54 Å². The molecule has 3 aromatic carbocycles. The first-order valence-electron chi connectivity index (χ1n) is 9.32. The first-order chi connectivity index (χ1) is 14.0. The molecule has 0 aliphatic carbocycles. The van der Waals surface area contributed by atoms with E-state index in [2.05, 4.69) is 48.6 Å². The monoisotopic (exact) mass is 518 g/mol. The number of benzene rings is 3. The Labute approximate surface area is 186 Å². The molecule has 29 heavy (non-hydrogen) atoms. The molecule has 0 spiro atoms. The van der Waals surface area contributed by atoms with Crippen LogP contribution >= 0.6 is 31.9 Å². The average Bonchev–Trinajstić information content (AvgIpc) is 3.00. The molecule has 1 heterocycles. The predicted octanol–water partition coefficient (Wildman–Crippen LogP) is 6.80. The molecule has 1 aromatic heterocycles. The zero-order valence-corrected chi connectivity index (χ0v) is 19.4. The van der Waals surface area contributed by atoms with Crippen molar-refractivity contribution in [2.45, 2.75) is 12.7 Å². The highest BCUT2D eigenvalue weighted by Gasteiger charge is 2.17. The maximum Gasteiger partial charge on any atom is 0.135 e. The maximum atomic E-state index is 15.2. The van der Waals surface area contributed by atoms with Crippen LogP contribution in [0.3, 0.4) is 0 Å². The SMILES string of the molecule is COc1cccc(N(C)CC(F)Cn2c3ccc(Br)cc3c3cc(Br)ccc32)c1. The second-order valence-electron chi connectivity index (χ2n) is 7.11. The minimum absolute atomic E-state index is 0.289. The zero-order valence-electron chi connectivity index (χ0n) is 16.2. The zero-order chi connectivity index (χ0) is 20.5. The van der Waals surface area contributed by atoms with Gasteiger partial charge in [0, 0.05) is 49.6 Å².